The lowest BCUT2D eigenvalue weighted by molar-refractivity contribution is 0.0472. The van der Waals surface area contributed by atoms with Crippen LogP contribution in [0.2, 0.25) is 18.1 Å². The van der Waals surface area contributed by atoms with Crippen molar-refractivity contribution >= 4 is 14.3 Å². The van der Waals surface area contributed by atoms with Crippen molar-refractivity contribution in [3.8, 4) is 0 Å². The van der Waals surface area contributed by atoms with Crippen molar-refractivity contribution in [1.29, 1.82) is 0 Å². The highest BCUT2D eigenvalue weighted by Gasteiger charge is 2.37. The molecule has 4 heteroatoms. The lowest BCUT2D eigenvalue weighted by atomic mass is 10.1. The van der Waals surface area contributed by atoms with E-state index in [9.17, 15) is 4.79 Å². The van der Waals surface area contributed by atoms with Crippen LogP contribution in [0.3, 0.4) is 0 Å². The van der Waals surface area contributed by atoms with E-state index in [0.29, 0.717) is 12.2 Å². The van der Waals surface area contributed by atoms with Gasteiger partial charge in [0.25, 0.3) is 0 Å². The summed E-state index contributed by atoms with van der Waals surface area (Å²) in [6, 6.07) is 15.3. The van der Waals surface area contributed by atoms with Gasteiger partial charge in [0.05, 0.1) is 12.2 Å². The summed E-state index contributed by atoms with van der Waals surface area (Å²) in [5.41, 5.74) is 3.82. The molecule has 0 unspecified atom stereocenters. The van der Waals surface area contributed by atoms with Gasteiger partial charge in [-0.15, -0.1) is 0 Å². The third-order valence-electron chi connectivity index (χ3n) is 5.19. The van der Waals surface area contributed by atoms with Gasteiger partial charge in [-0.3, -0.25) is 0 Å². The van der Waals surface area contributed by atoms with Gasteiger partial charge in [0.2, 0.25) is 0 Å². The predicted octanol–water partition coefficient (Wildman–Crippen LogP) is 5.87. The Hall–Kier alpha value is -1.91. The zero-order chi connectivity index (χ0) is 19.4. The van der Waals surface area contributed by atoms with E-state index in [0.717, 1.165) is 16.7 Å². The molecular formula is C22H30O3Si. The Balaban J connectivity index is 2.02. The molecule has 0 aliphatic heterocycles. The molecule has 0 atom stereocenters. The Labute approximate surface area is 158 Å². The molecule has 0 spiro atoms. The van der Waals surface area contributed by atoms with E-state index >= 15 is 0 Å². The molecular weight excluding hydrogens is 340 g/mol. The number of carbonyl (C=O) groups is 1. The topological polar surface area (TPSA) is 35.5 Å². The summed E-state index contributed by atoms with van der Waals surface area (Å²) < 4.78 is 11.8. The Morgan fingerprint density at radius 1 is 1.00 bits per heavy atom. The summed E-state index contributed by atoms with van der Waals surface area (Å²) in [6.07, 6.45) is 0. The van der Waals surface area contributed by atoms with Gasteiger partial charge < -0.3 is 9.16 Å². The monoisotopic (exact) mass is 370 g/mol. The summed E-state index contributed by atoms with van der Waals surface area (Å²) in [7, 11) is -1.78. The number of benzene rings is 2. The molecule has 0 radical (unpaired) electrons. The molecule has 2 aromatic carbocycles. The highest BCUT2D eigenvalue weighted by atomic mass is 28.4. The summed E-state index contributed by atoms with van der Waals surface area (Å²) in [5, 5.41) is 0.186. The van der Waals surface area contributed by atoms with Crippen LogP contribution in [0.15, 0.2) is 48.5 Å². The van der Waals surface area contributed by atoms with Crippen molar-refractivity contribution in [2.45, 2.75) is 59.0 Å². The molecule has 0 saturated heterocycles. The number of ether oxygens (including phenoxy) is 1. The minimum absolute atomic E-state index is 0.186. The molecule has 26 heavy (non-hydrogen) atoms. The maximum Gasteiger partial charge on any atom is 0.338 e. The first-order valence-electron chi connectivity index (χ1n) is 9.05. The van der Waals surface area contributed by atoms with Crippen LogP contribution in [0.5, 0.6) is 0 Å². The predicted molar refractivity (Wildman–Crippen MR) is 109 cm³/mol. The van der Waals surface area contributed by atoms with Crippen LogP contribution in [-0.2, 0) is 22.4 Å². The second-order valence-electron chi connectivity index (χ2n) is 8.25. The SMILES string of the molecule is Cc1ccc(CO[Si](C)(C)C(C)(C)C)cc1COC(=O)c1ccccc1. The van der Waals surface area contributed by atoms with Gasteiger partial charge in [0.15, 0.2) is 8.32 Å². The lowest BCUT2D eigenvalue weighted by Gasteiger charge is -2.36. The number of esters is 1. The van der Waals surface area contributed by atoms with Gasteiger partial charge in [0, 0.05) is 0 Å². The molecule has 0 amide bonds. The second-order valence-corrected chi connectivity index (χ2v) is 13.1. The molecule has 0 aliphatic rings. The third-order valence-corrected chi connectivity index (χ3v) is 9.67. The van der Waals surface area contributed by atoms with Crippen molar-refractivity contribution in [2.24, 2.45) is 0 Å². The fraction of sp³-hybridized carbons (Fsp3) is 0.409. The Kier molecular flexibility index (Phi) is 6.42. The van der Waals surface area contributed by atoms with Gasteiger partial charge in [-0.1, -0.05) is 51.1 Å². The molecule has 0 fully saturated rings. The number of hydrogen-bond donors (Lipinski definition) is 0. The van der Waals surface area contributed by atoms with Crippen molar-refractivity contribution in [1.82, 2.24) is 0 Å². The Morgan fingerprint density at radius 2 is 1.65 bits per heavy atom. The zero-order valence-electron chi connectivity index (χ0n) is 16.8. The number of rotatable bonds is 6. The molecule has 140 valence electrons. The van der Waals surface area contributed by atoms with E-state index < -0.39 is 8.32 Å². The molecule has 0 aliphatic carbocycles. The fourth-order valence-corrected chi connectivity index (χ4v) is 3.21. The first kappa shape index (κ1) is 20.4. The van der Waals surface area contributed by atoms with Crippen LogP contribution in [0.4, 0.5) is 0 Å². The van der Waals surface area contributed by atoms with E-state index in [1.807, 2.05) is 25.1 Å². The average molecular weight is 371 g/mol. The normalized spacial score (nSPS) is 12.1. The third kappa shape index (κ3) is 5.29. The lowest BCUT2D eigenvalue weighted by Crippen LogP contribution is -2.40. The van der Waals surface area contributed by atoms with Gasteiger partial charge >= 0.3 is 5.97 Å². The van der Waals surface area contributed by atoms with Crippen molar-refractivity contribution in [3.63, 3.8) is 0 Å². The molecule has 0 N–H and O–H groups in total. The maximum absolute atomic E-state index is 12.1. The quantitative estimate of drug-likeness (QED) is 0.471. The van der Waals surface area contributed by atoms with Gasteiger partial charge in [0.1, 0.15) is 6.61 Å². The highest BCUT2D eigenvalue weighted by Crippen LogP contribution is 2.37. The number of hydrogen-bond acceptors (Lipinski definition) is 3. The minimum Gasteiger partial charge on any atom is -0.457 e. The van der Waals surface area contributed by atoms with Crippen LogP contribution in [-0.4, -0.2) is 14.3 Å². The van der Waals surface area contributed by atoms with E-state index in [2.05, 4.69) is 52.1 Å². The van der Waals surface area contributed by atoms with Crippen LogP contribution >= 0.6 is 0 Å². The largest absolute Gasteiger partial charge is 0.457 e. The number of aryl methyl sites for hydroxylation is 1. The van der Waals surface area contributed by atoms with E-state index in [1.165, 1.54) is 0 Å². The molecule has 0 bridgehead atoms. The first-order valence-corrected chi connectivity index (χ1v) is 12.0. The average Bonchev–Trinajstić information content (AvgIpc) is 2.59. The summed E-state index contributed by atoms with van der Waals surface area (Å²) in [4.78, 5) is 12.1. The van der Waals surface area contributed by atoms with E-state index in [-0.39, 0.29) is 17.6 Å². The van der Waals surface area contributed by atoms with Crippen LogP contribution in [0, 0.1) is 6.92 Å². The van der Waals surface area contributed by atoms with E-state index in [4.69, 9.17) is 9.16 Å². The second kappa shape index (κ2) is 8.19. The summed E-state index contributed by atoms with van der Waals surface area (Å²) >= 11 is 0. The van der Waals surface area contributed by atoms with Crippen molar-refractivity contribution < 1.29 is 14.0 Å². The van der Waals surface area contributed by atoms with Crippen LogP contribution in [0.1, 0.15) is 47.8 Å². The molecule has 3 nitrogen and oxygen atoms in total. The number of carbonyl (C=O) groups excluding carboxylic acids is 1. The van der Waals surface area contributed by atoms with Crippen molar-refractivity contribution in [3.05, 3.63) is 70.8 Å². The zero-order valence-corrected chi connectivity index (χ0v) is 17.8. The summed E-state index contributed by atoms with van der Waals surface area (Å²) in [6.45, 7) is 14.1. The van der Waals surface area contributed by atoms with Gasteiger partial charge in [-0.25, -0.2) is 4.79 Å². The molecule has 0 saturated carbocycles. The van der Waals surface area contributed by atoms with E-state index in [1.54, 1.807) is 12.1 Å². The Morgan fingerprint density at radius 3 is 2.27 bits per heavy atom. The summed E-state index contributed by atoms with van der Waals surface area (Å²) in [5.74, 6) is -0.298. The van der Waals surface area contributed by atoms with Gasteiger partial charge in [-0.05, 0) is 59.9 Å². The highest BCUT2D eigenvalue weighted by molar-refractivity contribution is 6.74. The first-order chi connectivity index (χ1) is 12.1. The molecule has 2 aromatic rings. The maximum atomic E-state index is 12.1. The Bertz CT molecular complexity index is 746. The van der Waals surface area contributed by atoms with Crippen LogP contribution < -0.4 is 0 Å². The van der Waals surface area contributed by atoms with Crippen molar-refractivity contribution in [2.75, 3.05) is 0 Å². The smallest absolute Gasteiger partial charge is 0.338 e. The van der Waals surface area contributed by atoms with Gasteiger partial charge in [-0.2, -0.15) is 0 Å². The van der Waals surface area contributed by atoms with Crippen LogP contribution in [0.25, 0.3) is 0 Å². The molecule has 0 heterocycles. The minimum atomic E-state index is -1.78. The molecule has 2 rings (SSSR count). The fourth-order valence-electron chi connectivity index (χ4n) is 2.25. The standard InChI is InChI=1S/C22H30O3Si/c1-17-12-13-18(15-25-26(5,6)22(2,3)4)14-20(17)16-24-21(23)19-10-8-7-9-11-19/h7-14H,15-16H2,1-6H3. The molecule has 0 aromatic heterocycles.